The number of fused-ring (bicyclic) bond motifs is 1. The highest BCUT2D eigenvalue weighted by molar-refractivity contribution is 7.71. The van der Waals surface area contributed by atoms with Crippen LogP contribution in [0.25, 0.3) is 11.2 Å². The lowest BCUT2D eigenvalue weighted by atomic mass is 10.3. The second-order valence-electron chi connectivity index (χ2n) is 3.92. The molecule has 0 aliphatic heterocycles. The van der Waals surface area contributed by atoms with E-state index >= 15 is 0 Å². The minimum absolute atomic E-state index is 0.0112. The molecule has 3 heterocycles. The van der Waals surface area contributed by atoms with Gasteiger partial charge >= 0.3 is 5.69 Å². The molecule has 0 fully saturated rings. The second kappa shape index (κ2) is 4.79. The zero-order valence-corrected chi connectivity index (χ0v) is 11.0. The van der Waals surface area contributed by atoms with E-state index in [1.165, 1.54) is 6.33 Å². The summed E-state index contributed by atoms with van der Waals surface area (Å²) in [5.41, 5.74) is -0.791. The molecule has 0 spiro atoms. The molecular weight excluding hydrogens is 298 g/mol. The van der Waals surface area contributed by atoms with E-state index < -0.39 is 17.1 Å². The summed E-state index contributed by atoms with van der Waals surface area (Å²) in [6.45, 7) is 0. The minimum atomic E-state index is -0.632. The van der Waals surface area contributed by atoms with E-state index in [0.717, 1.165) is 6.21 Å². The van der Waals surface area contributed by atoms with Crippen molar-refractivity contribution in [3.63, 3.8) is 0 Å². The zero-order chi connectivity index (χ0) is 15.0. The summed E-state index contributed by atoms with van der Waals surface area (Å²) in [6, 6.07) is 0. The van der Waals surface area contributed by atoms with E-state index in [-0.39, 0.29) is 21.8 Å². The number of hydrogen-bond acceptors (Lipinski definition) is 7. The second-order valence-corrected chi connectivity index (χ2v) is 4.33. The lowest BCUT2D eigenvalue weighted by molar-refractivity contribution is 0.449. The van der Waals surface area contributed by atoms with Gasteiger partial charge in [-0.15, -0.1) is 0 Å². The van der Waals surface area contributed by atoms with Gasteiger partial charge in [-0.05, 0) is 12.2 Å². The van der Waals surface area contributed by atoms with Crippen LogP contribution in [0.2, 0.25) is 0 Å². The number of aromatic nitrogens is 6. The van der Waals surface area contributed by atoms with Crippen LogP contribution in [0.15, 0.2) is 20.9 Å². The Balaban J connectivity index is 2.15. The van der Waals surface area contributed by atoms with Gasteiger partial charge < -0.3 is 15.1 Å². The third-order valence-electron chi connectivity index (χ3n) is 2.57. The number of aromatic hydroxyl groups is 1. The summed E-state index contributed by atoms with van der Waals surface area (Å²) in [5.74, 6) is -0.298. The predicted molar refractivity (Wildman–Crippen MR) is 75.7 cm³/mol. The van der Waals surface area contributed by atoms with Gasteiger partial charge in [0.25, 0.3) is 5.56 Å². The van der Waals surface area contributed by atoms with E-state index in [9.17, 15) is 14.7 Å². The van der Waals surface area contributed by atoms with Crippen LogP contribution in [-0.4, -0.2) is 41.2 Å². The van der Waals surface area contributed by atoms with E-state index in [0.29, 0.717) is 5.52 Å². The molecule has 11 heteroatoms. The molecule has 0 saturated heterocycles. The van der Waals surface area contributed by atoms with E-state index in [1.807, 2.05) is 0 Å². The summed E-state index contributed by atoms with van der Waals surface area (Å²) >= 11 is 4.71. The monoisotopic (exact) mass is 305 g/mol. The quantitative estimate of drug-likeness (QED) is 0.327. The number of nitrogens with zero attached hydrogens (tertiary/aromatic N) is 3. The maximum Gasteiger partial charge on any atom is 0.348 e. The van der Waals surface area contributed by atoms with Gasteiger partial charge in [-0.1, -0.05) is 0 Å². The lowest BCUT2D eigenvalue weighted by Gasteiger charge is -1.98. The maximum absolute atomic E-state index is 11.7. The lowest BCUT2D eigenvalue weighted by Crippen LogP contribution is -2.14. The predicted octanol–water partition coefficient (Wildman–Crippen LogP) is -0.152. The molecular formula is C10H7N7O3S. The van der Waals surface area contributed by atoms with Gasteiger partial charge in [-0.3, -0.25) is 14.8 Å². The molecule has 106 valence electrons. The maximum atomic E-state index is 11.7. The van der Waals surface area contributed by atoms with Crippen LogP contribution in [0.5, 0.6) is 5.88 Å². The molecule has 3 aromatic rings. The Morgan fingerprint density at radius 2 is 2.10 bits per heavy atom. The summed E-state index contributed by atoms with van der Waals surface area (Å²) in [4.78, 5) is 44.3. The number of aromatic amines is 4. The van der Waals surface area contributed by atoms with Crippen molar-refractivity contribution in [3.05, 3.63) is 37.5 Å². The number of nitrogens with one attached hydrogen (secondary N) is 4. The molecule has 0 bridgehead atoms. The van der Waals surface area contributed by atoms with Gasteiger partial charge in [-0.2, -0.15) is 4.98 Å². The van der Waals surface area contributed by atoms with Gasteiger partial charge in [0.05, 0.1) is 6.33 Å². The zero-order valence-electron chi connectivity index (χ0n) is 10.2. The molecule has 0 aliphatic rings. The largest absolute Gasteiger partial charge is 0.494 e. The van der Waals surface area contributed by atoms with Gasteiger partial charge in [0, 0.05) is 6.21 Å². The highest BCUT2D eigenvalue weighted by Gasteiger charge is 2.08. The molecule has 0 saturated carbocycles. The highest BCUT2D eigenvalue weighted by Crippen LogP contribution is 2.16. The smallest absolute Gasteiger partial charge is 0.348 e. The Morgan fingerprint density at radius 3 is 2.86 bits per heavy atom. The summed E-state index contributed by atoms with van der Waals surface area (Å²) in [5, 5.41) is 9.64. The van der Waals surface area contributed by atoms with Crippen LogP contribution in [0, 0.1) is 4.77 Å². The Hall–Kier alpha value is -3.08. The van der Waals surface area contributed by atoms with Crippen LogP contribution in [0.4, 0.5) is 5.82 Å². The fraction of sp³-hybridized carbons (Fsp3) is 0. The molecule has 0 aromatic carbocycles. The van der Waals surface area contributed by atoms with Crippen molar-refractivity contribution < 1.29 is 5.11 Å². The summed E-state index contributed by atoms with van der Waals surface area (Å²) in [6.07, 6.45) is 2.44. The van der Waals surface area contributed by atoms with E-state index in [4.69, 9.17) is 12.2 Å². The number of hydrogen-bond donors (Lipinski definition) is 5. The first-order chi connectivity index (χ1) is 10.0. The highest BCUT2D eigenvalue weighted by atomic mass is 32.1. The normalized spacial score (nSPS) is 11.4. The Bertz CT molecular complexity index is 1030. The third kappa shape index (κ3) is 2.36. The van der Waals surface area contributed by atoms with Crippen molar-refractivity contribution in [2.75, 3.05) is 0 Å². The van der Waals surface area contributed by atoms with E-state index in [2.05, 4.69) is 34.9 Å². The van der Waals surface area contributed by atoms with Crippen LogP contribution >= 0.6 is 12.2 Å². The number of rotatable bonds is 2. The standard InChI is InChI=1S/C10H7N7O3S/c18-7-3(8(19)17-10(21)16-7)1-11-5-4-6(13-2-12-4)15-9(20)14-5/h1-2H,(H2,12,13,14,15,20)(H3,16,17,18,19,21)/b11-1+. The third-order valence-corrected chi connectivity index (χ3v) is 2.77. The SMILES string of the molecule is O=c1nc2nc[nH]c2c(/N=C/c2c(O)[nH]c(=S)[nH]c2=O)[nH]1. The van der Waals surface area contributed by atoms with Gasteiger partial charge in [0.15, 0.2) is 16.2 Å². The Morgan fingerprint density at radius 1 is 1.29 bits per heavy atom. The Kier molecular flexibility index (Phi) is 2.95. The van der Waals surface area contributed by atoms with Gasteiger partial charge in [0.1, 0.15) is 11.1 Å². The first kappa shape index (κ1) is 12.9. The summed E-state index contributed by atoms with van der Waals surface area (Å²) < 4.78 is -0.0112. The average Bonchev–Trinajstić information content (AvgIpc) is 2.85. The van der Waals surface area contributed by atoms with Crippen molar-refractivity contribution in [2.45, 2.75) is 0 Å². The minimum Gasteiger partial charge on any atom is -0.494 e. The van der Waals surface area contributed by atoms with Gasteiger partial charge in [0.2, 0.25) is 5.88 Å². The number of aliphatic imine (C=N–C) groups is 1. The van der Waals surface area contributed by atoms with Crippen molar-refractivity contribution in [2.24, 2.45) is 4.99 Å². The van der Waals surface area contributed by atoms with Crippen LogP contribution in [0.3, 0.4) is 0 Å². The topological polar surface area (TPSA) is 156 Å². The fourth-order valence-corrected chi connectivity index (χ4v) is 1.85. The molecule has 0 amide bonds. The molecule has 0 aliphatic carbocycles. The van der Waals surface area contributed by atoms with E-state index in [1.54, 1.807) is 0 Å². The molecule has 5 N–H and O–H groups in total. The number of H-pyrrole nitrogens is 4. The molecule has 0 atom stereocenters. The Labute approximate surface area is 119 Å². The summed E-state index contributed by atoms with van der Waals surface area (Å²) in [7, 11) is 0. The van der Waals surface area contributed by atoms with Crippen molar-refractivity contribution >= 4 is 35.4 Å². The van der Waals surface area contributed by atoms with Crippen LogP contribution < -0.4 is 11.2 Å². The molecule has 10 nitrogen and oxygen atoms in total. The van der Waals surface area contributed by atoms with Crippen molar-refractivity contribution in [1.29, 1.82) is 0 Å². The molecule has 3 rings (SSSR count). The first-order valence-corrected chi connectivity index (χ1v) is 5.98. The first-order valence-electron chi connectivity index (χ1n) is 5.57. The molecule has 3 aromatic heterocycles. The van der Waals surface area contributed by atoms with Crippen molar-refractivity contribution in [3.8, 4) is 5.88 Å². The molecule has 21 heavy (non-hydrogen) atoms. The number of imidazole rings is 1. The fourth-order valence-electron chi connectivity index (χ4n) is 1.66. The van der Waals surface area contributed by atoms with Crippen LogP contribution in [0.1, 0.15) is 5.56 Å². The molecule has 0 unspecified atom stereocenters. The van der Waals surface area contributed by atoms with Crippen LogP contribution in [-0.2, 0) is 0 Å². The molecule has 0 radical (unpaired) electrons. The van der Waals surface area contributed by atoms with Gasteiger partial charge in [-0.25, -0.2) is 14.8 Å². The average molecular weight is 305 g/mol. The van der Waals surface area contributed by atoms with Crippen molar-refractivity contribution in [1.82, 2.24) is 29.9 Å².